The third-order valence-corrected chi connectivity index (χ3v) is 7.00. The molecule has 6 nitrogen and oxygen atoms in total. The topological polar surface area (TPSA) is 75.3 Å². The van der Waals surface area contributed by atoms with Crippen molar-refractivity contribution >= 4 is 21.1 Å². The summed E-state index contributed by atoms with van der Waals surface area (Å²) in [5.74, 6) is 1.29. The highest BCUT2D eigenvalue weighted by Crippen LogP contribution is 2.33. The van der Waals surface area contributed by atoms with Gasteiger partial charge in [0.25, 0.3) is 0 Å². The Bertz CT molecular complexity index is 1040. The summed E-state index contributed by atoms with van der Waals surface area (Å²) in [7, 11) is -2.13. The molecule has 4 rings (SSSR count). The second-order valence-electron chi connectivity index (χ2n) is 7.00. The van der Waals surface area contributed by atoms with E-state index in [2.05, 4.69) is 9.97 Å². The number of fused-ring (bicyclic) bond motifs is 1. The molecule has 1 saturated heterocycles. The number of imidazole rings is 1. The van der Waals surface area contributed by atoms with Gasteiger partial charge < -0.3 is 9.72 Å². The van der Waals surface area contributed by atoms with Crippen LogP contribution in [0, 0.1) is 6.92 Å². The van der Waals surface area contributed by atoms with E-state index in [1.807, 2.05) is 37.3 Å². The lowest BCUT2D eigenvalue weighted by Gasteiger charge is -2.31. The number of H-pyrrole nitrogens is 1. The zero-order valence-electron chi connectivity index (χ0n) is 15.5. The van der Waals surface area contributed by atoms with E-state index in [1.165, 1.54) is 7.11 Å². The zero-order chi connectivity index (χ0) is 19.0. The first kappa shape index (κ1) is 18.0. The summed E-state index contributed by atoms with van der Waals surface area (Å²) < 4.78 is 33.4. The van der Waals surface area contributed by atoms with Crippen LogP contribution in [0.3, 0.4) is 0 Å². The molecule has 1 fully saturated rings. The van der Waals surface area contributed by atoms with Crippen molar-refractivity contribution in [2.75, 3.05) is 20.2 Å². The van der Waals surface area contributed by atoms with E-state index in [0.29, 0.717) is 18.8 Å². The molecule has 1 aliphatic rings. The number of aryl methyl sites for hydroxylation is 1. The van der Waals surface area contributed by atoms with Crippen LogP contribution in [-0.4, -0.2) is 42.9 Å². The van der Waals surface area contributed by atoms with Crippen molar-refractivity contribution in [3.8, 4) is 5.75 Å². The van der Waals surface area contributed by atoms with Crippen LogP contribution in [-0.2, 0) is 10.0 Å². The number of benzene rings is 2. The van der Waals surface area contributed by atoms with Gasteiger partial charge in [-0.15, -0.1) is 0 Å². The summed E-state index contributed by atoms with van der Waals surface area (Å²) >= 11 is 0. The van der Waals surface area contributed by atoms with E-state index in [9.17, 15) is 8.42 Å². The van der Waals surface area contributed by atoms with Crippen molar-refractivity contribution in [2.24, 2.45) is 0 Å². The van der Waals surface area contributed by atoms with Gasteiger partial charge in [0.15, 0.2) is 0 Å². The lowest BCUT2D eigenvalue weighted by Crippen LogP contribution is -2.39. The predicted molar refractivity (Wildman–Crippen MR) is 105 cm³/mol. The Morgan fingerprint density at radius 3 is 2.81 bits per heavy atom. The van der Waals surface area contributed by atoms with E-state index in [4.69, 9.17) is 4.74 Å². The van der Waals surface area contributed by atoms with Gasteiger partial charge in [0.05, 0.1) is 18.1 Å². The number of aromatic nitrogens is 2. The Labute approximate surface area is 159 Å². The maximum Gasteiger partial charge on any atom is 0.246 e. The second kappa shape index (κ2) is 6.98. The van der Waals surface area contributed by atoms with Crippen molar-refractivity contribution in [1.82, 2.24) is 14.3 Å². The Kier molecular flexibility index (Phi) is 4.65. The minimum Gasteiger partial charge on any atom is -0.495 e. The highest BCUT2D eigenvalue weighted by atomic mass is 32.2. The summed E-state index contributed by atoms with van der Waals surface area (Å²) in [4.78, 5) is 8.25. The number of nitrogens with one attached hydrogen (secondary N) is 1. The third kappa shape index (κ3) is 3.33. The van der Waals surface area contributed by atoms with Gasteiger partial charge in [-0.05, 0) is 49.6 Å². The summed E-state index contributed by atoms with van der Waals surface area (Å²) in [5, 5.41) is 0. The van der Waals surface area contributed by atoms with Gasteiger partial charge in [0, 0.05) is 19.0 Å². The van der Waals surface area contributed by atoms with Crippen molar-refractivity contribution in [1.29, 1.82) is 0 Å². The molecule has 2 aromatic carbocycles. The van der Waals surface area contributed by atoms with E-state index in [-0.39, 0.29) is 10.8 Å². The molecule has 1 atom stereocenters. The van der Waals surface area contributed by atoms with Crippen molar-refractivity contribution < 1.29 is 13.2 Å². The molecule has 0 bridgehead atoms. The molecule has 1 unspecified atom stereocenters. The van der Waals surface area contributed by atoms with Crippen LogP contribution in [0.2, 0.25) is 0 Å². The minimum absolute atomic E-state index is 0.0525. The fraction of sp³-hybridized carbons (Fsp3) is 0.350. The normalized spacial score (nSPS) is 18.7. The van der Waals surface area contributed by atoms with Gasteiger partial charge >= 0.3 is 0 Å². The first-order chi connectivity index (χ1) is 13.0. The van der Waals surface area contributed by atoms with Crippen LogP contribution >= 0.6 is 0 Å². The van der Waals surface area contributed by atoms with Gasteiger partial charge in [0.2, 0.25) is 10.0 Å². The fourth-order valence-corrected chi connectivity index (χ4v) is 5.44. The molecule has 0 spiro atoms. The predicted octanol–water partition coefficient (Wildman–Crippen LogP) is 3.45. The molecule has 0 aliphatic carbocycles. The zero-order valence-corrected chi connectivity index (χ0v) is 16.3. The highest BCUT2D eigenvalue weighted by molar-refractivity contribution is 7.89. The monoisotopic (exact) mass is 385 g/mol. The van der Waals surface area contributed by atoms with Gasteiger partial charge in [-0.1, -0.05) is 18.2 Å². The molecule has 27 heavy (non-hydrogen) atoms. The van der Waals surface area contributed by atoms with E-state index in [0.717, 1.165) is 35.3 Å². The summed E-state index contributed by atoms with van der Waals surface area (Å²) in [5.41, 5.74) is 2.78. The number of para-hydroxylation sites is 2. The van der Waals surface area contributed by atoms with Crippen LogP contribution in [0.4, 0.5) is 0 Å². The van der Waals surface area contributed by atoms with Crippen molar-refractivity contribution in [3.05, 3.63) is 53.9 Å². The maximum atomic E-state index is 13.3. The molecule has 2 heterocycles. The molecular weight excluding hydrogens is 362 g/mol. The quantitative estimate of drug-likeness (QED) is 0.746. The van der Waals surface area contributed by atoms with Crippen LogP contribution in [0.1, 0.15) is 30.1 Å². The molecule has 0 saturated carbocycles. The van der Waals surface area contributed by atoms with Gasteiger partial charge in [-0.2, -0.15) is 4.31 Å². The molecule has 1 aliphatic heterocycles. The largest absolute Gasteiger partial charge is 0.495 e. The number of ether oxygens (including phenoxy) is 1. The van der Waals surface area contributed by atoms with Crippen LogP contribution < -0.4 is 4.74 Å². The fourth-order valence-electron chi connectivity index (χ4n) is 3.67. The van der Waals surface area contributed by atoms with Crippen molar-refractivity contribution in [2.45, 2.75) is 30.6 Å². The summed E-state index contributed by atoms with van der Waals surface area (Å²) in [6.45, 7) is 2.81. The lowest BCUT2D eigenvalue weighted by atomic mass is 9.99. The van der Waals surface area contributed by atoms with Crippen molar-refractivity contribution in [3.63, 3.8) is 0 Å². The maximum absolute atomic E-state index is 13.3. The first-order valence-electron chi connectivity index (χ1n) is 9.08. The number of hydrogen-bond acceptors (Lipinski definition) is 4. The second-order valence-corrected chi connectivity index (χ2v) is 8.90. The smallest absolute Gasteiger partial charge is 0.246 e. The average molecular weight is 385 g/mol. The Morgan fingerprint density at radius 1 is 1.22 bits per heavy atom. The molecular formula is C20H23N3O3S. The van der Waals surface area contributed by atoms with Gasteiger partial charge in [-0.3, -0.25) is 0 Å². The van der Waals surface area contributed by atoms with E-state index >= 15 is 0 Å². The molecule has 0 amide bonds. The molecule has 1 aromatic heterocycles. The van der Waals surface area contributed by atoms with Gasteiger partial charge in [0.1, 0.15) is 16.5 Å². The standard InChI is InChI=1S/C20H23N3O3S/c1-14-9-10-18(26-2)19(12-14)27(24,25)23-11-5-6-15(13-23)20-21-16-7-3-4-8-17(16)22-20/h3-4,7-10,12,15H,5-6,11,13H2,1-2H3,(H,21,22). The number of aromatic amines is 1. The average Bonchev–Trinajstić information content (AvgIpc) is 3.12. The van der Waals surface area contributed by atoms with Crippen LogP contribution in [0.15, 0.2) is 47.4 Å². The number of hydrogen-bond donors (Lipinski definition) is 1. The first-order valence-corrected chi connectivity index (χ1v) is 10.5. The number of sulfonamides is 1. The Hall–Kier alpha value is -2.38. The number of methoxy groups -OCH3 is 1. The number of rotatable bonds is 4. The van der Waals surface area contributed by atoms with E-state index < -0.39 is 10.0 Å². The van der Waals surface area contributed by atoms with Crippen LogP contribution in [0.5, 0.6) is 5.75 Å². The Balaban J connectivity index is 1.65. The lowest BCUT2D eigenvalue weighted by molar-refractivity contribution is 0.308. The Morgan fingerprint density at radius 2 is 2.04 bits per heavy atom. The minimum atomic E-state index is -3.63. The molecule has 1 N–H and O–H groups in total. The van der Waals surface area contributed by atoms with E-state index in [1.54, 1.807) is 16.4 Å². The molecule has 142 valence electrons. The third-order valence-electron chi connectivity index (χ3n) is 5.12. The highest BCUT2D eigenvalue weighted by Gasteiger charge is 2.33. The van der Waals surface area contributed by atoms with Crippen LogP contribution in [0.25, 0.3) is 11.0 Å². The SMILES string of the molecule is COc1ccc(C)cc1S(=O)(=O)N1CCCC(c2nc3ccccc3[nH]2)C1. The summed E-state index contributed by atoms with van der Waals surface area (Å²) in [6.07, 6.45) is 1.71. The number of piperidine rings is 1. The molecule has 3 aromatic rings. The summed E-state index contributed by atoms with van der Waals surface area (Å²) in [6, 6.07) is 13.1. The number of nitrogens with zero attached hydrogens (tertiary/aromatic N) is 2. The molecule has 0 radical (unpaired) electrons. The van der Waals surface area contributed by atoms with Gasteiger partial charge in [-0.25, -0.2) is 13.4 Å². The molecule has 7 heteroatoms.